The first kappa shape index (κ1) is 21.1. The van der Waals surface area contributed by atoms with Crippen LogP contribution in [-0.4, -0.2) is 35.8 Å². The van der Waals surface area contributed by atoms with Crippen molar-refractivity contribution in [3.63, 3.8) is 0 Å². The average molecular weight is 319 g/mol. The maximum atomic E-state index is 10.5. The van der Waals surface area contributed by atoms with Gasteiger partial charge in [0.15, 0.2) is 0 Å². The van der Waals surface area contributed by atoms with Gasteiger partial charge in [0.2, 0.25) is 0 Å². The van der Waals surface area contributed by atoms with Crippen molar-refractivity contribution in [2.45, 2.75) is 12.4 Å². The quantitative estimate of drug-likeness (QED) is 0.532. The summed E-state index contributed by atoms with van der Waals surface area (Å²) in [4.78, 5) is 0. The molecule has 0 aromatic carbocycles. The fraction of sp³-hybridized carbons (Fsp3) is 1.00. The van der Waals surface area contributed by atoms with Crippen molar-refractivity contribution >= 4 is 18.6 Å². The van der Waals surface area contributed by atoms with Gasteiger partial charge in [-0.3, -0.25) is 0 Å². The Bertz CT molecular complexity index is 115. The van der Waals surface area contributed by atoms with Crippen LogP contribution in [0.25, 0.3) is 0 Å². The Kier molecular flexibility index (Phi) is 15.9. The Hall–Kier alpha value is 0.794. The van der Waals surface area contributed by atoms with E-state index in [2.05, 4.69) is 0 Å². The standard InChI is InChI=1S/2C2H3F3O.2ClH.Ti/c2*3-2(4,5)1-6;;;/h2*6H,1H2;2*1H;/q;;;;+2/p-2. The number of hydrogen-bond acceptors (Lipinski definition) is 2. The van der Waals surface area contributed by atoms with E-state index in [1.54, 1.807) is 0 Å². The molecule has 0 saturated heterocycles. The van der Waals surface area contributed by atoms with E-state index in [9.17, 15) is 26.3 Å². The van der Waals surface area contributed by atoms with Crippen molar-refractivity contribution < 1.29 is 53.6 Å². The molecule has 0 saturated carbocycles. The molecule has 0 unspecified atom stereocenters. The van der Waals surface area contributed by atoms with E-state index in [4.69, 9.17) is 28.8 Å². The van der Waals surface area contributed by atoms with Crippen LogP contribution in [0.2, 0.25) is 0 Å². The molecule has 0 aromatic heterocycles. The molecule has 0 bridgehead atoms. The van der Waals surface area contributed by atoms with E-state index >= 15 is 0 Å². The van der Waals surface area contributed by atoms with Crippen molar-refractivity contribution in [2.75, 3.05) is 13.2 Å². The van der Waals surface area contributed by atoms with E-state index in [1.807, 2.05) is 0 Å². The SMILES string of the molecule is OCC(F)(F)F.OCC(F)(F)F.[Cl][Ti][Cl]. The molecule has 0 aliphatic rings. The summed E-state index contributed by atoms with van der Waals surface area (Å²) in [5, 5.41) is 14.6. The average Bonchev–Trinajstić information content (AvgIpc) is 2.04. The molecule has 2 nitrogen and oxygen atoms in total. The van der Waals surface area contributed by atoms with E-state index in [0.717, 1.165) is 0 Å². The fourth-order valence-corrected chi connectivity index (χ4v) is 0. The van der Waals surface area contributed by atoms with Crippen LogP contribution >= 0.6 is 18.6 Å². The van der Waals surface area contributed by atoms with Crippen molar-refractivity contribution in [3.05, 3.63) is 0 Å². The molecule has 0 amide bonds. The predicted molar refractivity (Wildman–Crippen MR) is 38.0 cm³/mol. The summed E-state index contributed by atoms with van der Waals surface area (Å²) in [6.45, 7) is -3.46. The zero-order valence-corrected chi connectivity index (χ0v) is 9.91. The van der Waals surface area contributed by atoms with E-state index < -0.39 is 42.6 Å². The summed E-state index contributed by atoms with van der Waals surface area (Å²) in [6, 6.07) is 0. The molecule has 11 heteroatoms. The predicted octanol–water partition coefficient (Wildman–Crippen LogP) is 2.46. The second kappa shape index (κ2) is 11.3. The molecule has 0 aliphatic carbocycles. The molecule has 2 N–H and O–H groups in total. The molecule has 0 aliphatic heterocycles. The zero-order valence-electron chi connectivity index (χ0n) is 6.83. The minimum atomic E-state index is -4.40. The Balaban J connectivity index is -0.000000153. The van der Waals surface area contributed by atoms with Crippen LogP contribution in [0, 0.1) is 0 Å². The molecular formula is C4H6Cl2F6O2Ti. The van der Waals surface area contributed by atoms with Gasteiger partial charge in [0.25, 0.3) is 0 Å². The third-order valence-corrected chi connectivity index (χ3v) is 0.359. The van der Waals surface area contributed by atoms with Crippen LogP contribution in [0.4, 0.5) is 26.3 Å². The molecule has 94 valence electrons. The number of aliphatic hydroxyl groups excluding tert-OH is 2. The van der Waals surface area contributed by atoms with Crippen LogP contribution in [0.5, 0.6) is 0 Å². The van der Waals surface area contributed by atoms with Gasteiger partial charge in [-0.2, -0.15) is 26.3 Å². The summed E-state index contributed by atoms with van der Waals surface area (Å²) in [7, 11) is 9.78. The zero-order chi connectivity index (χ0) is 13.1. The van der Waals surface area contributed by atoms with Crippen molar-refractivity contribution in [2.24, 2.45) is 0 Å². The first-order chi connectivity index (χ1) is 6.54. The Morgan fingerprint density at radius 1 is 0.800 bits per heavy atom. The third kappa shape index (κ3) is 52.5. The van der Waals surface area contributed by atoms with Crippen LogP contribution in [0.15, 0.2) is 0 Å². The molecule has 15 heavy (non-hydrogen) atoms. The summed E-state index contributed by atoms with van der Waals surface area (Å²) in [6.07, 6.45) is -8.81. The van der Waals surface area contributed by atoms with Gasteiger partial charge in [-0.25, -0.2) is 0 Å². The van der Waals surface area contributed by atoms with Gasteiger partial charge in [-0.1, -0.05) is 0 Å². The first-order valence-corrected chi connectivity index (χ1v) is 7.15. The molecular weight excluding hydrogens is 313 g/mol. The van der Waals surface area contributed by atoms with Crippen molar-refractivity contribution in [1.29, 1.82) is 0 Å². The second-order valence-corrected chi connectivity index (χ2v) is 4.20. The molecule has 0 fully saturated rings. The first-order valence-electron chi connectivity index (χ1n) is 2.85. The molecule has 0 spiro atoms. The number of halogens is 8. The fourth-order valence-electron chi connectivity index (χ4n) is 0. The maximum absolute atomic E-state index is 10.5. The summed E-state index contributed by atoms with van der Waals surface area (Å²) < 4.78 is 63.2. The topological polar surface area (TPSA) is 40.5 Å². The molecule has 0 heterocycles. The van der Waals surface area contributed by atoms with E-state index in [-0.39, 0.29) is 0 Å². The normalized spacial score (nSPS) is 10.5. The number of hydrogen-bond donors (Lipinski definition) is 2. The summed E-state index contributed by atoms with van der Waals surface area (Å²) in [5.74, 6) is 0. The Morgan fingerprint density at radius 2 is 0.867 bits per heavy atom. The van der Waals surface area contributed by atoms with Gasteiger partial charge in [-0.05, 0) is 0 Å². The van der Waals surface area contributed by atoms with Crippen LogP contribution in [-0.2, 0) is 17.0 Å². The number of rotatable bonds is 0. The second-order valence-electron chi connectivity index (χ2n) is 1.62. The van der Waals surface area contributed by atoms with Crippen LogP contribution < -0.4 is 0 Å². The molecule has 0 aromatic rings. The van der Waals surface area contributed by atoms with Crippen LogP contribution in [0.3, 0.4) is 0 Å². The van der Waals surface area contributed by atoms with Gasteiger partial charge in [0.1, 0.15) is 13.2 Å². The van der Waals surface area contributed by atoms with Gasteiger partial charge in [0, 0.05) is 0 Å². The summed E-state index contributed by atoms with van der Waals surface area (Å²) >= 11 is -0.556. The summed E-state index contributed by atoms with van der Waals surface area (Å²) in [5.41, 5.74) is 0. The van der Waals surface area contributed by atoms with Crippen molar-refractivity contribution in [1.82, 2.24) is 0 Å². The van der Waals surface area contributed by atoms with Gasteiger partial charge in [-0.15, -0.1) is 0 Å². The molecule has 0 atom stereocenters. The Labute approximate surface area is 97.8 Å². The van der Waals surface area contributed by atoms with Gasteiger partial charge < -0.3 is 10.2 Å². The number of alkyl halides is 6. The van der Waals surface area contributed by atoms with E-state index in [0.29, 0.717) is 0 Å². The molecule has 0 radical (unpaired) electrons. The number of aliphatic hydroxyl groups is 2. The van der Waals surface area contributed by atoms with Crippen LogP contribution in [0.1, 0.15) is 0 Å². The Morgan fingerprint density at radius 3 is 0.867 bits per heavy atom. The molecule has 0 rings (SSSR count). The van der Waals surface area contributed by atoms with Crippen molar-refractivity contribution in [3.8, 4) is 0 Å². The third-order valence-electron chi connectivity index (χ3n) is 0.359. The van der Waals surface area contributed by atoms with Gasteiger partial charge in [0.05, 0.1) is 0 Å². The van der Waals surface area contributed by atoms with E-state index in [1.165, 1.54) is 0 Å². The monoisotopic (exact) mass is 318 g/mol. The van der Waals surface area contributed by atoms with Gasteiger partial charge >= 0.3 is 48.0 Å². The minimum absolute atomic E-state index is 0.556.